The number of carbonyl (C=O) groups is 1. The van der Waals surface area contributed by atoms with Crippen LogP contribution in [0.25, 0.3) is 15.9 Å². The number of fused-ring (bicyclic) bond motifs is 1. The van der Waals surface area contributed by atoms with Crippen molar-refractivity contribution in [3.8, 4) is 5.69 Å². The summed E-state index contributed by atoms with van der Waals surface area (Å²) in [6.45, 7) is 4.62. The van der Waals surface area contributed by atoms with Crippen molar-refractivity contribution in [1.29, 1.82) is 0 Å². The van der Waals surface area contributed by atoms with Crippen LogP contribution in [-0.4, -0.2) is 22.0 Å². The molecule has 1 N–H and O–H groups in total. The zero-order chi connectivity index (χ0) is 18.1. The number of aromatic nitrogens is 2. The molecule has 6 heteroatoms. The van der Waals surface area contributed by atoms with Crippen molar-refractivity contribution in [3.63, 3.8) is 0 Å². The van der Waals surface area contributed by atoms with Gasteiger partial charge in [0.25, 0.3) is 5.91 Å². The van der Waals surface area contributed by atoms with Crippen molar-refractivity contribution in [2.75, 3.05) is 6.54 Å². The molecule has 4 aromatic heterocycles. The summed E-state index contributed by atoms with van der Waals surface area (Å²) >= 11 is 1.43. The number of pyridine rings is 1. The molecule has 0 unspecified atom stereocenters. The van der Waals surface area contributed by atoms with E-state index in [1.807, 2.05) is 38.1 Å². The first kappa shape index (κ1) is 16.6. The highest BCUT2D eigenvalue weighted by Crippen LogP contribution is 2.34. The molecule has 0 fully saturated rings. The summed E-state index contributed by atoms with van der Waals surface area (Å²) in [7, 11) is 0. The molecule has 0 aliphatic rings. The Labute approximate surface area is 155 Å². The molecule has 0 atom stereocenters. The van der Waals surface area contributed by atoms with E-state index in [-0.39, 0.29) is 5.91 Å². The van der Waals surface area contributed by atoms with Crippen LogP contribution in [0, 0.1) is 13.8 Å². The Balaban J connectivity index is 1.70. The quantitative estimate of drug-likeness (QED) is 0.574. The van der Waals surface area contributed by atoms with Gasteiger partial charge in [-0.05, 0) is 50.2 Å². The fraction of sp³-hybridized carbons (Fsp3) is 0.200. The second-order valence-corrected chi connectivity index (χ2v) is 7.17. The van der Waals surface area contributed by atoms with Crippen LogP contribution < -0.4 is 5.32 Å². The van der Waals surface area contributed by atoms with E-state index in [9.17, 15) is 4.79 Å². The molecule has 4 rings (SSSR count). The van der Waals surface area contributed by atoms with E-state index < -0.39 is 0 Å². The molecule has 0 spiro atoms. The molecule has 0 aliphatic heterocycles. The van der Waals surface area contributed by atoms with Crippen LogP contribution in [0.5, 0.6) is 0 Å². The number of rotatable bonds is 5. The molecule has 4 heterocycles. The molecule has 4 aromatic rings. The Kier molecular flexibility index (Phi) is 4.34. The lowest BCUT2D eigenvalue weighted by molar-refractivity contribution is 0.0958. The molecule has 0 saturated carbocycles. The standard InChI is InChI=1S/C20H19N3O2S/c1-13-7-8-14(2)23(13)17-16-6-3-10-22-20(16)26-18(17)19(24)21-11-9-15-5-4-12-25-15/h3-8,10,12H,9,11H2,1-2H3,(H,21,24). The Morgan fingerprint density at radius 3 is 2.73 bits per heavy atom. The normalized spacial score (nSPS) is 11.2. The second-order valence-electron chi connectivity index (χ2n) is 6.17. The lowest BCUT2D eigenvalue weighted by Gasteiger charge is -2.11. The van der Waals surface area contributed by atoms with Gasteiger partial charge in [-0.15, -0.1) is 11.3 Å². The maximum atomic E-state index is 12.9. The smallest absolute Gasteiger partial charge is 0.263 e. The minimum atomic E-state index is -0.0814. The molecule has 0 bridgehead atoms. The highest BCUT2D eigenvalue weighted by molar-refractivity contribution is 7.21. The topological polar surface area (TPSA) is 60.1 Å². The molecule has 1 amide bonds. The van der Waals surface area contributed by atoms with Crippen LogP contribution in [0.1, 0.15) is 26.8 Å². The fourth-order valence-corrected chi connectivity index (χ4v) is 4.20. The third-order valence-corrected chi connectivity index (χ3v) is 5.48. The van der Waals surface area contributed by atoms with Gasteiger partial charge in [0.1, 0.15) is 15.5 Å². The van der Waals surface area contributed by atoms with Gasteiger partial charge in [0.15, 0.2) is 0 Å². The van der Waals surface area contributed by atoms with Gasteiger partial charge in [0.2, 0.25) is 0 Å². The summed E-state index contributed by atoms with van der Waals surface area (Å²) in [4.78, 5) is 18.9. The van der Waals surface area contributed by atoms with E-state index in [0.29, 0.717) is 17.8 Å². The van der Waals surface area contributed by atoms with Gasteiger partial charge in [0.05, 0.1) is 12.0 Å². The molecule has 0 aliphatic carbocycles. The van der Waals surface area contributed by atoms with E-state index in [1.165, 1.54) is 11.3 Å². The second kappa shape index (κ2) is 6.80. The lowest BCUT2D eigenvalue weighted by atomic mass is 10.2. The van der Waals surface area contributed by atoms with E-state index in [0.717, 1.165) is 33.1 Å². The van der Waals surface area contributed by atoms with Crippen LogP contribution in [0.4, 0.5) is 0 Å². The first-order valence-corrected chi connectivity index (χ1v) is 9.30. The van der Waals surface area contributed by atoms with E-state index >= 15 is 0 Å². The van der Waals surface area contributed by atoms with Gasteiger partial charge in [0, 0.05) is 35.9 Å². The maximum absolute atomic E-state index is 12.9. The minimum Gasteiger partial charge on any atom is -0.469 e. The number of furan rings is 1. The zero-order valence-electron chi connectivity index (χ0n) is 14.7. The van der Waals surface area contributed by atoms with Crippen LogP contribution >= 0.6 is 11.3 Å². The average Bonchev–Trinajstić information content (AvgIpc) is 3.35. The van der Waals surface area contributed by atoms with E-state index in [1.54, 1.807) is 12.5 Å². The lowest BCUT2D eigenvalue weighted by Crippen LogP contribution is -2.26. The number of amides is 1. The third-order valence-electron chi connectivity index (χ3n) is 4.38. The molecule has 132 valence electrons. The first-order chi connectivity index (χ1) is 12.6. The summed E-state index contributed by atoms with van der Waals surface area (Å²) in [5.74, 6) is 0.780. The van der Waals surface area contributed by atoms with E-state index in [2.05, 4.69) is 27.0 Å². The Morgan fingerprint density at radius 2 is 2.00 bits per heavy atom. The summed E-state index contributed by atoms with van der Waals surface area (Å²) in [6, 6.07) is 11.8. The Bertz CT molecular complexity index is 1040. The molecule has 0 radical (unpaired) electrons. The van der Waals surface area contributed by atoms with Crippen LogP contribution in [-0.2, 0) is 6.42 Å². The zero-order valence-corrected chi connectivity index (χ0v) is 15.5. The SMILES string of the molecule is Cc1ccc(C)n1-c1c(C(=O)NCCc2ccco2)sc2ncccc12. The molecule has 0 aromatic carbocycles. The number of carbonyl (C=O) groups excluding carboxylic acids is 1. The maximum Gasteiger partial charge on any atom is 0.263 e. The van der Waals surface area contributed by atoms with Gasteiger partial charge in [-0.25, -0.2) is 4.98 Å². The van der Waals surface area contributed by atoms with Crippen LogP contribution in [0.3, 0.4) is 0 Å². The predicted octanol–water partition coefficient (Wildman–Crippen LogP) is 4.27. The van der Waals surface area contributed by atoms with Gasteiger partial charge >= 0.3 is 0 Å². The number of nitrogens with zero attached hydrogens (tertiary/aromatic N) is 2. The Morgan fingerprint density at radius 1 is 1.19 bits per heavy atom. The van der Waals surface area contributed by atoms with Gasteiger partial charge in [-0.1, -0.05) is 0 Å². The van der Waals surface area contributed by atoms with Crippen molar-refractivity contribution in [1.82, 2.24) is 14.9 Å². The Hall–Kier alpha value is -2.86. The third kappa shape index (κ3) is 2.93. The van der Waals surface area contributed by atoms with Crippen molar-refractivity contribution in [2.24, 2.45) is 0 Å². The van der Waals surface area contributed by atoms with Gasteiger partial charge < -0.3 is 14.3 Å². The van der Waals surface area contributed by atoms with Crippen molar-refractivity contribution in [2.45, 2.75) is 20.3 Å². The first-order valence-electron chi connectivity index (χ1n) is 8.48. The highest BCUT2D eigenvalue weighted by Gasteiger charge is 2.22. The molecule has 5 nitrogen and oxygen atoms in total. The molecular formula is C20H19N3O2S. The molecule has 0 saturated heterocycles. The predicted molar refractivity (Wildman–Crippen MR) is 103 cm³/mol. The number of hydrogen-bond donors (Lipinski definition) is 1. The summed E-state index contributed by atoms with van der Waals surface area (Å²) in [5.41, 5.74) is 3.10. The average molecular weight is 365 g/mol. The van der Waals surface area contributed by atoms with Gasteiger partial charge in [-0.3, -0.25) is 4.79 Å². The van der Waals surface area contributed by atoms with E-state index in [4.69, 9.17) is 4.42 Å². The summed E-state index contributed by atoms with van der Waals surface area (Å²) in [5, 5.41) is 4.01. The summed E-state index contributed by atoms with van der Waals surface area (Å²) < 4.78 is 7.45. The molecule has 26 heavy (non-hydrogen) atoms. The minimum absolute atomic E-state index is 0.0814. The summed E-state index contributed by atoms with van der Waals surface area (Å²) in [6.07, 6.45) is 4.07. The number of aryl methyl sites for hydroxylation is 2. The fourth-order valence-electron chi connectivity index (χ4n) is 3.15. The number of nitrogens with one attached hydrogen (secondary N) is 1. The van der Waals surface area contributed by atoms with Gasteiger partial charge in [-0.2, -0.15) is 0 Å². The number of hydrogen-bond acceptors (Lipinski definition) is 4. The number of thiophene rings is 1. The van der Waals surface area contributed by atoms with Crippen molar-refractivity contribution >= 4 is 27.5 Å². The monoisotopic (exact) mass is 365 g/mol. The molecular weight excluding hydrogens is 346 g/mol. The van der Waals surface area contributed by atoms with Crippen LogP contribution in [0.2, 0.25) is 0 Å². The largest absolute Gasteiger partial charge is 0.469 e. The highest BCUT2D eigenvalue weighted by atomic mass is 32.1. The van der Waals surface area contributed by atoms with Crippen LogP contribution in [0.15, 0.2) is 53.3 Å². The van der Waals surface area contributed by atoms with Crippen molar-refractivity contribution < 1.29 is 9.21 Å². The van der Waals surface area contributed by atoms with Crippen molar-refractivity contribution in [3.05, 3.63) is 70.9 Å².